The Morgan fingerprint density at radius 3 is 2.33 bits per heavy atom. The predicted octanol–water partition coefficient (Wildman–Crippen LogP) is 2.14. The maximum absolute atomic E-state index is 12.4. The third-order valence-corrected chi connectivity index (χ3v) is 2.50. The van der Waals surface area contributed by atoms with E-state index < -0.39 is 23.3 Å². The number of carbonyl (C=O) groups excluding carboxylic acids is 1. The van der Waals surface area contributed by atoms with E-state index in [1.165, 1.54) is 6.92 Å². The summed E-state index contributed by atoms with van der Waals surface area (Å²) in [5.74, 6) is -1.62. The zero-order valence-corrected chi connectivity index (χ0v) is 9.07. The first-order valence-electron chi connectivity index (χ1n) is 3.82. The van der Waals surface area contributed by atoms with Gasteiger partial charge < -0.3 is 9.90 Å². The number of rotatable bonds is 1. The fraction of sp³-hybridized carbons (Fsp3) is 0.222. The molecule has 0 saturated carbocycles. The molecule has 82 valence electrons. The summed E-state index contributed by atoms with van der Waals surface area (Å²) < 4.78 is 37.0. The van der Waals surface area contributed by atoms with Crippen molar-refractivity contribution in [2.24, 2.45) is 0 Å². The average Bonchev–Trinajstić information content (AvgIpc) is 2.00. The third-order valence-electron chi connectivity index (χ3n) is 1.84. The molecular weight excluding hydrogens is 277 g/mol. The SMILES string of the molecule is Cc1cc(Br)c(C(F)(F)F)cc1C(=O)[O-]. The van der Waals surface area contributed by atoms with Gasteiger partial charge in [0, 0.05) is 10.0 Å². The van der Waals surface area contributed by atoms with Gasteiger partial charge >= 0.3 is 6.18 Å². The van der Waals surface area contributed by atoms with Crippen LogP contribution in [0.3, 0.4) is 0 Å². The van der Waals surface area contributed by atoms with E-state index in [1.54, 1.807) is 0 Å². The van der Waals surface area contributed by atoms with Crippen LogP contribution in [0, 0.1) is 6.92 Å². The number of carboxylic acid groups (broad SMARTS) is 1. The molecule has 0 heterocycles. The number of hydrogen-bond donors (Lipinski definition) is 0. The van der Waals surface area contributed by atoms with Gasteiger partial charge in [-0.2, -0.15) is 13.2 Å². The van der Waals surface area contributed by atoms with Crippen molar-refractivity contribution in [3.05, 3.63) is 33.3 Å². The van der Waals surface area contributed by atoms with Crippen LogP contribution in [0.15, 0.2) is 16.6 Å². The van der Waals surface area contributed by atoms with Gasteiger partial charge in [-0.1, -0.05) is 15.9 Å². The van der Waals surface area contributed by atoms with Crippen LogP contribution in [0.25, 0.3) is 0 Å². The van der Waals surface area contributed by atoms with Crippen molar-refractivity contribution < 1.29 is 23.1 Å². The number of aromatic carboxylic acids is 1. The second kappa shape index (κ2) is 3.84. The molecule has 0 spiro atoms. The van der Waals surface area contributed by atoms with Gasteiger partial charge in [0.15, 0.2) is 0 Å². The Morgan fingerprint density at radius 2 is 1.93 bits per heavy atom. The maximum Gasteiger partial charge on any atom is 0.417 e. The molecule has 0 aliphatic heterocycles. The number of carbonyl (C=O) groups is 1. The van der Waals surface area contributed by atoms with Crippen molar-refractivity contribution in [3.63, 3.8) is 0 Å². The first kappa shape index (κ1) is 12.0. The van der Waals surface area contributed by atoms with E-state index in [0.29, 0.717) is 6.07 Å². The normalized spacial score (nSPS) is 11.5. The van der Waals surface area contributed by atoms with E-state index in [-0.39, 0.29) is 10.0 Å². The van der Waals surface area contributed by atoms with Crippen LogP contribution in [-0.4, -0.2) is 5.97 Å². The van der Waals surface area contributed by atoms with Crippen LogP contribution >= 0.6 is 15.9 Å². The second-order valence-corrected chi connectivity index (χ2v) is 3.79. The Morgan fingerprint density at radius 1 is 1.40 bits per heavy atom. The van der Waals surface area contributed by atoms with Crippen molar-refractivity contribution in [3.8, 4) is 0 Å². The number of alkyl halides is 3. The van der Waals surface area contributed by atoms with Gasteiger partial charge in [0.25, 0.3) is 0 Å². The van der Waals surface area contributed by atoms with Gasteiger partial charge in [-0.3, -0.25) is 0 Å². The number of halogens is 4. The van der Waals surface area contributed by atoms with Crippen molar-refractivity contribution in [1.29, 1.82) is 0 Å². The van der Waals surface area contributed by atoms with Crippen molar-refractivity contribution in [1.82, 2.24) is 0 Å². The molecule has 1 rings (SSSR count). The van der Waals surface area contributed by atoms with Crippen LogP contribution in [0.1, 0.15) is 21.5 Å². The van der Waals surface area contributed by atoms with Crippen LogP contribution < -0.4 is 5.11 Å². The molecule has 0 bridgehead atoms. The van der Waals surface area contributed by atoms with Crippen LogP contribution in [0.2, 0.25) is 0 Å². The number of carboxylic acids is 1. The molecule has 0 radical (unpaired) electrons. The van der Waals surface area contributed by atoms with Crippen LogP contribution in [0.4, 0.5) is 13.2 Å². The zero-order chi connectivity index (χ0) is 11.8. The number of hydrogen-bond acceptors (Lipinski definition) is 2. The van der Waals surface area contributed by atoms with E-state index >= 15 is 0 Å². The lowest BCUT2D eigenvalue weighted by Crippen LogP contribution is -2.24. The first-order valence-corrected chi connectivity index (χ1v) is 4.61. The summed E-state index contributed by atoms with van der Waals surface area (Å²) in [6.45, 7) is 1.40. The Balaban J connectivity index is 3.43. The summed E-state index contributed by atoms with van der Waals surface area (Å²) in [5, 5.41) is 10.5. The number of benzene rings is 1. The minimum absolute atomic E-state index is 0.183. The monoisotopic (exact) mass is 281 g/mol. The summed E-state index contributed by atoms with van der Waals surface area (Å²) in [4.78, 5) is 10.5. The Hall–Kier alpha value is -1.04. The summed E-state index contributed by atoms with van der Waals surface area (Å²) in [7, 11) is 0. The molecule has 0 aliphatic rings. The highest BCUT2D eigenvalue weighted by Gasteiger charge is 2.33. The maximum atomic E-state index is 12.4. The van der Waals surface area contributed by atoms with E-state index in [0.717, 1.165) is 6.07 Å². The lowest BCUT2D eigenvalue weighted by Gasteiger charge is -2.14. The van der Waals surface area contributed by atoms with Crippen molar-refractivity contribution in [2.75, 3.05) is 0 Å². The molecule has 2 nitrogen and oxygen atoms in total. The topological polar surface area (TPSA) is 40.1 Å². The predicted molar refractivity (Wildman–Crippen MR) is 48.2 cm³/mol. The minimum Gasteiger partial charge on any atom is -0.545 e. The van der Waals surface area contributed by atoms with Gasteiger partial charge in [0.1, 0.15) is 0 Å². The lowest BCUT2D eigenvalue weighted by atomic mass is 10.0. The van der Waals surface area contributed by atoms with Gasteiger partial charge in [-0.15, -0.1) is 0 Å². The van der Waals surface area contributed by atoms with Crippen molar-refractivity contribution >= 4 is 21.9 Å². The molecule has 0 aromatic heterocycles. The fourth-order valence-electron chi connectivity index (χ4n) is 1.11. The average molecular weight is 282 g/mol. The quantitative estimate of drug-likeness (QED) is 0.791. The molecule has 0 aliphatic carbocycles. The Kier molecular flexibility index (Phi) is 3.08. The smallest absolute Gasteiger partial charge is 0.417 e. The number of aryl methyl sites for hydroxylation is 1. The molecule has 0 saturated heterocycles. The molecule has 15 heavy (non-hydrogen) atoms. The summed E-state index contributed by atoms with van der Waals surface area (Å²) >= 11 is 2.73. The van der Waals surface area contributed by atoms with Gasteiger partial charge in [-0.25, -0.2) is 0 Å². The van der Waals surface area contributed by atoms with E-state index in [2.05, 4.69) is 15.9 Å². The van der Waals surface area contributed by atoms with Gasteiger partial charge in [0.2, 0.25) is 0 Å². The Labute approximate surface area is 91.8 Å². The molecule has 6 heteroatoms. The van der Waals surface area contributed by atoms with Gasteiger partial charge in [-0.05, 0) is 24.6 Å². The van der Waals surface area contributed by atoms with Crippen LogP contribution in [0.5, 0.6) is 0 Å². The molecule has 1 aromatic rings. The van der Waals surface area contributed by atoms with E-state index in [1.807, 2.05) is 0 Å². The second-order valence-electron chi connectivity index (χ2n) is 2.93. The molecule has 0 unspecified atom stereocenters. The highest BCUT2D eigenvalue weighted by Crippen LogP contribution is 2.36. The molecule has 0 amide bonds. The van der Waals surface area contributed by atoms with Crippen LogP contribution in [-0.2, 0) is 6.18 Å². The molecular formula is C9H5BrF3O2-. The zero-order valence-electron chi connectivity index (χ0n) is 7.48. The lowest BCUT2D eigenvalue weighted by molar-refractivity contribution is -0.255. The highest BCUT2D eigenvalue weighted by atomic mass is 79.9. The molecule has 1 aromatic carbocycles. The minimum atomic E-state index is -4.59. The van der Waals surface area contributed by atoms with E-state index in [9.17, 15) is 23.1 Å². The highest BCUT2D eigenvalue weighted by molar-refractivity contribution is 9.10. The fourth-order valence-corrected chi connectivity index (χ4v) is 1.79. The first-order chi connectivity index (χ1) is 6.73. The molecule has 0 atom stereocenters. The van der Waals surface area contributed by atoms with Crippen molar-refractivity contribution in [2.45, 2.75) is 13.1 Å². The van der Waals surface area contributed by atoms with Gasteiger partial charge in [0.05, 0.1) is 11.5 Å². The summed E-state index contributed by atoms with van der Waals surface area (Å²) in [6.07, 6.45) is -4.59. The molecule has 0 fully saturated rings. The third kappa shape index (κ3) is 2.50. The standard InChI is InChI=1S/C9H6BrF3O2/c1-4-2-7(10)6(9(11,12)13)3-5(4)8(14)15/h2-3H,1H3,(H,14,15)/p-1. The summed E-state index contributed by atoms with van der Waals surface area (Å²) in [6, 6.07) is 1.67. The summed E-state index contributed by atoms with van der Waals surface area (Å²) in [5.41, 5.74) is -1.26. The largest absolute Gasteiger partial charge is 0.545 e. The molecule has 0 N–H and O–H groups in total. The Bertz CT molecular complexity index is 413. The van der Waals surface area contributed by atoms with E-state index in [4.69, 9.17) is 0 Å².